The number of hydrogen-bond acceptors (Lipinski definition) is 5. The average molecular weight is 421 g/mol. The van der Waals surface area contributed by atoms with Crippen LogP contribution in [0.1, 0.15) is 47.2 Å². The molecule has 0 spiro atoms. The summed E-state index contributed by atoms with van der Waals surface area (Å²) in [6, 6.07) is 5.52. The van der Waals surface area contributed by atoms with E-state index in [1.807, 2.05) is 0 Å². The van der Waals surface area contributed by atoms with E-state index in [-0.39, 0.29) is 24.0 Å². The van der Waals surface area contributed by atoms with E-state index in [4.69, 9.17) is 0 Å². The lowest BCUT2D eigenvalue weighted by molar-refractivity contribution is -0.154. The first-order valence-corrected chi connectivity index (χ1v) is 9.07. The van der Waals surface area contributed by atoms with Crippen molar-refractivity contribution in [1.82, 2.24) is 15.3 Å². The maximum atomic E-state index is 12.6. The van der Waals surface area contributed by atoms with Crippen LogP contribution in [-0.4, -0.2) is 34.4 Å². The number of allylic oxidation sites excluding steroid dienone is 1. The van der Waals surface area contributed by atoms with Crippen molar-refractivity contribution in [2.24, 2.45) is 0 Å². The second-order valence-corrected chi connectivity index (χ2v) is 6.90. The molecule has 2 aromatic heterocycles. The van der Waals surface area contributed by atoms with Gasteiger partial charge in [-0.1, -0.05) is 12.6 Å². The lowest BCUT2D eigenvalue weighted by atomic mass is 10.1. The van der Waals surface area contributed by atoms with Gasteiger partial charge in [-0.05, 0) is 44.0 Å². The molecule has 0 aliphatic rings. The molecule has 1 unspecified atom stereocenters. The standard InChI is InChI=1S/C21H22F3N3O3/c1-12(2)18(28)9-17-8-16(7-13(3)26-17)20(29)27-14(4)15-5-6-19(25-10-15)30-11-21(22,23)24/h5-8,10,14H,1,9,11H2,2-4H3,(H,27,29). The van der Waals surface area contributed by atoms with Crippen molar-refractivity contribution in [3.8, 4) is 5.88 Å². The maximum Gasteiger partial charge on any atom is 0.422 e. The number of hydrogen-bond donors (Lipinski definition) is 1. The third-order valence-electron chi connectivity index (χ3n) is 4.08. The zero-order chi connectivity index (χ0) is 22.5. The molecule has 0 bridgehead atoms. The Kier molecular flexibility index (Phi) is 7.31. The summed E-state index contributed by atoms with van der Waals surface area (Å²) in [6.45, 7) is 7.23. The predicted octanol–water partition coefficient (Wildman–Crippen LogP) is 3.90. The van der Waals surface area contributed by atoms with Gasteiger partial charge in [-0.3, -0.25) is 14.6 Å². The summed E-state index contributed by atoms with van der Waals surface area (Å²) >= 11 is 0. The largest absolute Gasteiger partial charge is 0.468 e. The Morgan fingerprint density at radius 2 is 1.97 bits per heavy atom. The van der Waals surface area contributed by atoms with Crippen LogP contribution in [0.4, 0.5) is 13.2 Å². The second-order valence-electron chi connectivity index (χ2n) is 6.90. The molecule has 1 atom stereocenters. The van der Waals surface area contributed by atoms with Crippen LogP contribution in [-0.2, 0) is 11.2 Å². The average Bonchev–Trinajstić information content (AvgIpc) is 2.65. The van der Waals surface area contributed by atoms with E-state index in [9.17, 15) is 22.8 Å². The Labute approximate surface area is 172 Å². The molecule has 6 nitrogen and oxygen atoms in total. The minimum Gasteiger partial charge on any atom is -0.468 e. The highest BCUT2D eigenvalue weighted by Gasteiger charge is 2.28. The van der Waals surface area contributed by atoms with E-state index in [0.29, 0.717) is 28.1 Å². The predicted molar refractivity (Wildman–Crippen MR) is 104 cm³/mol. The van der Waals surface area contributed by atoms with Crippen LogP contribution in [0, 0.1) is 6.92 Å². The van der Waals surface area contributed by atoms with Gasteiger partial charge in [0.1, 0.15) is 0 Å². The van der Waals surface area contributed by atoms with Crippen molar-refractivity contribution in [1.29, 1.82) is 0 Å². The number of carbonyl (C=O) groups is 2. The highest BCUT2D eigenvalue weighted by atomic mass is 19.4. The minimum atomic E-state index is -4.45. The fourth-order valence-corrected chi connectivity index (χ4v) is 2.53. The number of pyridine rings is 2. The summed E-state index contributed by atoms with van der Waals surface area (Å²) < 4.78 is 41.1. The molecule has 0 aliphatic carbocycles. The highest BCUT2D eigenvalue weighted by molar-refractivity contribution is 5.97. The zero-order valence-electron chi connectivity index (χ0n) is 16.8. The fraction of sp³-hybridized carbons (Fsp3) is 0.333. The van der Waals surface area contributed by atoms with Crippen LogP contribution in [0.5, 0.6) is 5.88 Å². The number of nitrogens with one attached hydrogen (secondary N) is 1. The molecule has 2 rings (SSSR count). The smallest absolute Gasteiger partial charge is 0.422 e. The number of aryl methyl sites for hydroxylation is 1. The molecule has 2 heterocycles. The minimum absolute atomic E-state index is 0.0517. The molecule has 0 radical (unpaired) electrons. The summed E-state index contributed by atoms with van der Waals surface area (Å²) in [4.78, 5) is 32.6. The molecule has 160 valence electrons. The van der Waals surface area contributed by atoms with Crippen molar-refractivity contribution in [3.63, 3.8) is 0 Å². The van der Waals surface area contributed by atoms with Crippen LogP contribution >= 0.6 is 0 Å². The first-order valence-electron chi connectivity index (χ1n) is 9.07. The monoisotopic (exact) mass is 421 g/mol. The summed E-state index contributed by atoms with van der Waals surface area (Å²) in [5.41, 5.74) is 2.40. The van der Waals surface area contributed by atoms with Crippen molar-refractivity contribution >= 4 is 11.7 Å². The molecule has 1 N–H and O–H groups in total. The topological polar surface area (TPSA) is 81.2 Å². The number of ether oxygens (including phenoxy) is 1. The number of alkyl halides is 3. The van der Waals surface area contributed by atoms with Gasteiger partial charge in [-0.2, -0.15) is 13.2 Å². The first kappa shape index (κ1) is 23.1. The Balaban J connectivity index is 2.05. The third-order valence-corrected chi connectivity index (χ3v) is 4.08. The van der Waals surface area contributed by atoms with Crippen molar-refractivity contribution in [2.75, 3.05) is 6.61 Å². The number of ketones is 1. The Morgan fingerprint density at radius 1 is 1.27 bits per heavy atom. The number of carbonyl (C=O) groups excluding carboxylic acids is 2. The Hall–Kier alpha value is -3.23. The maximum absolute atomic E-state index is 12.6. The van der Waals surface area contributed by atoms with Crippen molar-refractivity contribution in [2.45, 2.75) is 39.4 Å². The molecular formula is C21H22F3N3O3. The third kappa shape index (κ3) is 6.98. The lowest BCUT2D eigenvalue weighted by Gasteiger charge is -2.15. The van der Waals surface area contributed by atoms with Gasteiger partial charge in [0.25, 0.3) is 5.91 Å². The normalized spacial score (nSPS) is 12.2. The Morgan fingerprint density at radius 3 is 2.53 bits per heavy atom. The van der Waals surface area contributed by atoms with E-state index < -0.39 is 18.8 Å². The zero-order valence-corrected chi connectivity index (χ0v) is 16.8. The van der Waals surface area contributed by atoms with Crippen LogP contribution in [0.2, 0.25) is 0 Å². The van der Waals surface area contributed by atoms with Gasteiger partial charge in [-0.15, -0.1) is 0 Å². The summed E-state index contributed by atoms with van der Waals surface area (Å²) in [5, 5.41) is 2.79. The van der Waals surface area contributed by atoms with Gasteiger partial charge < -0.3 is 10.1 Å². The quantitative estimate of drug-likeness (QED) is 0.654. The summed E-state index contributed by atoms with van der Waals surface area (Å²) in [5.74, 6) is -0.702. The van der Waals surface area contributed by atoms with Gasteiger partial charge in [0.2, 0.25) is 5.88 Å². The van der Waals surface area contributed by atoms with E-state index in [2.05, 4.69) is 26.6 Å². The molecule has 0 aromatic carbocycles. The molecule has 0 saturated carbocycles. The van der Waals surface area contributed by atoms with Crippen LogP contribution in [0.3, 0.4) is 0 Å². The van der Waals surface area contributed by atoms with Gasteiger partial charge in [0, 0.05) is 29.2 Å². The second kappa shape index (κ2) is 9.51. The number of amides is 1. The molecule has 0 aliphatic heterocycles. The van der Waals surface area contributed by atoms with E-state index in [1.54, 1.807) is 32.9 Å². The number of nitrogens with zero attached hydrogens (tertiary/aromatic N) is 2. The van der Waals surface area contributed by atoms with Crippen molar-refractivity contribution < 1.29 is 27.5 Å². The molecular weight excluding hydrogens is 399 g/mol. The van der Waals surface area contributed by atoms with E-state index >= 15 is 0 Å². The molecule has 0 saturated heterocycles. The van der Waals surface area contributed by atoms with Gasteiger partial charge in [0.05, 0.1) is 12.5 Å². The summed E-state index contributed by atoms with van der Waals surface area (Å²) in [6.07, 6.45) is -3.06. The molecule has 1 amide bonds. The SMILES string of the molecule is C=C(C)C(=O)Cc1cc(C(=O)NC(C)c2ccc(OCC(F)(F)F)nc2)cc(C)n1. The summed E-state index contributed by atoms with van der Waals surface area (Å²) in [7, 11) is 0. The molecule has 9 heteroatoms. The number of Topliss-reactive ketones (excluding diaryl/α,β-unsaturated/α-hetero) is 1. The fourth-order valence-electron chi connectivity index (χ4n) is 2.53. The number of aromatic nitrogens is 2. The first-order chi connectivity index (χ1) is 13.9. The lowest BCUT2D eigenvalue weighted by Crippen LogP contribution is -2.27. The molecule has 30 heavy (non-hydrogen) atoms. The number of rotatable bonds is 8. The van der Waals surface area contributed by atoms with Crippen LogP contribution in [0.25, 0.3) is 0 Å². The van der Waals surface area contributed by atoms with Gasteiger partial charge in [-0.25, -0.2) is 4.98 Å². The number of halogens is 3. The van der Waals surface area contributed by atoms with Crippen LogP contribution in [0.15, 0.2) is 42.6 Å². The molecule has 0 fully saturated rings. The van der Waals surface area contributed by atoms with Crippen LogP contribution < -0.4 is 10.1 Å². The van der Waals surface area contributed by atoms with E-state index in [1.165, 1.54) is 18.3 Å². The highest BCUT2D eigenvalue weighted by Crippen LogP contribution is 2.19. The Bertz CT molecular complexity index is 941. The van der Waals surface area contributed by atoms with Gasteiger partial charge in [0.15, 0.2) is 12.4 Å². The van der Waals surface area contributed by atoms with Gasteiger partial charge >= 0.3 is 6.18 Å². The van der Waals surface area contributed by atoms with E-state index in [0.717, 1.165) is 0 Å². The molecule has 2 aromatic rings. The van der Waals surface area contributed by atoms with Crippen molar-refractivity contribution in [3.05, 3.63) is 65.1 Å².